The molecule has 0 aliphatic heterocycles. The first-order valence-corrected chi connectivity index (χ1v) is 8.34. The van der Waals surface area contributed by atoms with Gasteiger partial charge in [-0.3, -0.25) is 4.79 Å². The van der Waals surface area contributed by atoms with Crippen molar-refractivity contribution in [1.82, 2.24) is 9.72 Å². The van der Waals surface area contributed by atoms with E-state index in [0.29, 0.717) is 23.1 Å². The molecule has 5 nitrogen and oxygen atoms in total. The van der Waals surface area contributed by atoms with Crippen LogP contribution in [-0.4, -0.2) is 16.8 Å². The maximum atomic E-state index is 12.9. The zero-order valence-electron chi connectivity index (χ0n) is 14.6. The van der Waals surface area contributed by atoms with Gasteiger partial charge >= 0.3 is 0 Å². The normalized spacial score (nSPS) is 11.0. The van der Waals surface area contributed by atoms with Crippen LogP contribution < -0.4 is 10.3 Å². The Kier molecular flexibility index (Phi) is 4.05. The van der Waals surface area contributed by atoms with Crippen LogP contribution in [0.4, 0.5) is 0 Å². The van der Waals surface area contributed by atoms with Gasteiger partial charge in [0.15, 0.2) is 5.58 Å². The van der Waals surface area contributed by atoms with Crippen LogP contribution in [0.1, 0.15) is 11.3 Å². The molecule has 5 heteroatoms. The molecule has 0 fully saturated rings. The van der Waals surface area contributed by atoms with Gasteiger partial charge in [0.05, 0.1) is 7.11 Å². The van der Waals surface area contributed by atoms with Crippen LogP contribution in [0.5, 0.6) is 5.75 Å². The first-order chi connectivity index (χ1) is 12.7. The molecule has 0 atom stereocenters. The van der Waals surface area contributed by atoms with Crippen molar-refractivity contribution in [3.63, 3.8) is 0 Å². The van der Waals surface area contributed by atoms with Crippen molar-refractivity contribution in [2.24, 2.45) is 7.05 Å². The number of hydrogen-bond acceptors (Lipinski definition) is 4. The van der Waals surface area contributed by atoms with Gasteiger partial charge in [-0.25, -0.2) is 0 Å². The number of fused-ring (bicyclic) bond motifs is 1. The van der Waals surface area contributed by atoms with E-state index < -0.39 is 0 Å². The molecule has 0 saturated heterocycles. The Bertz CT molecular complexity index is 1110. The van der Waals surface area contributed by atoms with Gasteiger partial charge in [0, 0.05) is 30.8 Å². The molecule has 0 N–H and O–H groups in total. The summed E-state index contributed by atoms with van der Waals surface area (Å²) in [5.74, 6) is 0.806. The van der Waals surface area contributed by atoms with Crippen LogP contribution in [0.2, 0.25) is 0 Å². The topological polar surface area (TPSA) is 57.3 Å². The van der Waals surface area contributed by atoms with E-state index in [1.54, 1.807) is 18.7 Å². The fourth-order valence-corrected chi connectivity index (χ4v) is 3.07. The van der Waals surface area contributed by atoms with Crippen LogP contribution in [0, 0.1) is 0 Å². The van der Waals surface area contributed by atoms with Crippen LogP contribution in [0.3, 0.4) is 0 Å². The van der Waals surface area contributed by atoms with Gasteiger partial charge in [0.25, 0.3) is 5.56 Å². The molecule has 4 rings (SSSR count). The summed E-state index contributed by atoms with van der Waals surface area (Å²) in [6, 6.07) is 19.3. The van der Waals surface area contributed by atoms with Gasteiger partial charge in [-0.15, -0.1) is 0 Å². The summed E-state index contributed by atoms with van der Waals surface area (Å²) in [6.07, 6.45) is 0.618. The van der Waals surface area contributed by atoms with E-state index in [4.69, 9.17) is 9.26 Å². The third-order valence-electron chi connectivity index (χ3n) is 4.56. The van der Waals surface area contributed by atoms with Crippen molar-refractivity contribution in [2.75, 3.05) is 7.11 Å². The number of aromatic nitrogens is 2. The highest BCUT2D eigenvalue weighted by Crippen LogP contribution is 2.26. The summed E-state index contributed by atoms with van der Waals surface area (Å²) in [5.41, 5.74) is 3.80. The molecule has 2 aromatic carbocycles. The molecule has 0 bridgehead atoms. The Morgan fingerprint density at radius 1 is 1.08 bits per heavy atom. The standard InChI is InChI=1S/C21H18N2O3/c1-23-16(12-14-8-10-17(25-2)11-9-14)13-18-19(21(23)24)20(22-26-18)15-6-4-3-5-7-15/h3-11,13H,12H2,1-2H3. The lowest BCUT2D eigenvalue weighted by atomic mass is 10.1. The fourth-order valence-electron chi connectivity index (χ4n) is 3.07. The Balaban J connectivity index is 1.78. The minimum Gasteiger partial charge on any atom is -0.497 e. The second-order valence-corrected chi connectivity index (χ2v) is 6.16. The third-order valence-corrected chi connectivity index (χ3v) is 4.56. The van der Waals surface area contributed by atoms with Gasteiger partial charge in [-0.1, -0.05) is 47.6 Å². The molecule has 0 aliphatic carbocycles. The van der Waals surface area contributed by atoms with E-state index in [-0.39, 0.29) is 5.56 Å². The van der Waals surface area contributed by atoms with Gasteiger partial charge in [0.2, 0.25) is 0 Å². The fraction of sp³-hybridized carbons (Fsp3) is 0.143. The molecule has 0 amide bonds. The minimum absolute atomic E-state index is 0.105. The van der Waals surface area contributed by atoms with Crippen molar-refractivity contribution in [2.45, 2.75) is 6.42 Å². The lowest BCUT2D eigenvalue weighted by molar-refractivity contribution is 0.414. The first kappa shape index (κ1) is 16.1. The molecule has 130 valence electrons. The number of pyridine rings is 1. The predicted molar refractivity (Wildman–Crippen MR) is 100 cm³/mol. The van der Waals surface area contributed by atoms with Crippen LogP contribution >= 0.6 is 0 Å². The molecule has 0 unspecified atom stereocenters. The number of rotatable bonds is 4. The zero-order chi connectivity index (χ0) is 18.1. The molecule has 0 aliphatic rings. The highest BCUT2D eigenvalue weighted by Gasteiger charge is 2.17. The summed E-state index contributed by atoms with van der Waals surface area (Å²) in [4.78, 5) is 12.9. The van der Waals surface area contributed by atoms with E-state index in [1.165, 1.54) is 0 Å². The number of methoxy groups -OCH3 is 1. The summed E-state index contributed by atoms with van der Waals surface area (Å²) in [7, 11) is 3.42. The zero-order valence-corrected chi connectivity index (χ0v) is 14.6. The Labute approximate surface area is 150 Å². The average molecular weight is 346 g/mol. The first-order valence-electron chi connectivity index (χ1n) is 8.34. The van der Waals surface area contributed by atoms with E-state index in [1.807, 2.05) is 60.7 Å². The summed E-state index contributed by atoms with van der Waals surface area (Å²) >= 11 is 0. The Hall–Kier alpha value is -3.34. The Morgan fingerprint density at radius 2 is 1.81 bits per heavy atom. The third kappa shape index (κ3) is 2.77. The van der Waals surface area contributed by atoms with Gasteiger partial charge < -0.3 is 13.8 Å². The monoisotopic (exact) mass is 346 g/mol. The summed E-state index contributed by atoms with van der Waals surface area (Å²) in [5, 5.41) is 4.64. The van der Waals surface area contributed by atoms with E-state index >= 15 is 0 Å². The smallest absolute Gasteiger partial charge is 0.264 e. The lowest BCUT2D eigenvalue weighted by Crippen LogP contribution is -2.20. The van der Waals surface area contributed by atoms with Gasteiger partial charge in [-0.05, 0) is 17.7 Å². The minimum atomic E-state index is -0.105. The van der Waals surface area contributed by atoms with Crippen molar-refractivity contribution in [1.29, 1.82) is 0 Å². The summed E-state index contributed by atoms with van der Waals surface area (Å²) < 4.78 is 12.3. The second kappa shape index (κ2) is 6.52. The van der Waals surface area contributed by atoms with Crippen LogP contribution in [0.15, 0.2) is 70.0 Å². The number of ether oxygens (including phenoxy) is 1. The molecular formula is C21H18N2O3. The average Bonchev–Trinajstić information content (AvgIpc) is 3.11. The van der Waals surface area contributed by atoms with Crippen molar-refractivity contribution in [3.05, 3.63) is 82.3 Å². The lowest BCUT2D eigenvalue weighted by Gasteiger charge is -2.09. The van der Waals surface area contributed by atoms with Crippen molar-refractivity contribution < 1.29 is 9.26 Å². The van der Waals surface area contributed by atoms with Crippen LogP contribution in [0.25, 0.3) is 22.2 Å². The molecule has 2 heterocycles. The number of benzene rings is 2. The number of hydrogen-bond donors (Lipinski definition) is 0. The SMILES string of the molecule is COc1ccc(Cc2cc3onc(-c4ccccc4)c3c(=O)n2C)cc1. The maximum Gasteiger partial charge on any atom is 0.264 e. The molecule has 0 spiro atoms. The highest BCUT2D eigenvalue weighted by molar-refractivity contribution is 5.90. The van der Waals surface area contributed by atoms with Gasteiger partial charge in [0.1, 0.15) is 16.8 Å². The quantitative estimate of drug-likeness (QED) is 0.564. The molecule has 26 heavy (non-hydrogen) atoms. The molecular weight excluding hydrogens is 328 g/mol. The molecule has 0 radical (unpaired) electrons. The van der Waals surface area contributed by atoms with Crippen LogP contribution in [-0.2, 0) is 13.5 Å². The van der Waals surface area contributed by atoms with E-state index in [0.717, 1.165) is 22.6 Å². The number of nitrogens with zero attached hydrogens (tertiary/aromatic N) is 2. The second-order valence-electron chi connectivity index (χ2n) is 6.16. The van der Waals surface area contributed by atoms with Crippen molar-refractivity contribution >= 4 is 11.0 Å². The summed E-state index contributed by atoms with van der Waals surface area (Å²) in [6.45, 7) is 0. The van der Waals surface area contributed by atoms with Gasteiger partial charge in [-0.2, -0.15) is 0 Å². The molecule has 2 aromatic heterocycles. The van der Waals surface area contributed by atoms with E-state index in [2.05, 4.69) is 5.16 Å². The Morgan fingerprint density at radius 3 is 2.50 bits per heavy atom. The largest absolute Gasteiger partial charge is 0.497 e. The maximum absolute atomic E-state index is 12.9. The highest BCUT2D eigenvalue weighted by atomic mass is 16.5. The van der Waals surface area contributed by atoms with Crippen molar-refractivity contribution in [3.8, 4) is 17.0 Å². The predicted octanol–water partition coefficient (Wildman–Crippen LogP) is 3.79. The molecule has 0 saturated carbocycles. The van der Waals surface area contributed by atoms with E-state index in [9.17, 15) is 4.79 Å². The molecule has 4 aromatic rings.